The van der Waals surface area contributed by atoms with Gasteiger partial charge in [-0.15, -0.1) is 0 Å². The van der Waals surface area contributed by atoms with Gasteiger partial charge in [0.15, 0.2) is 0 Å². The Morgan fingerprint density at radius 2 is 1.75 bits per heavy atom. The van der Waals surface area contributed by atoms with E-state index in [2.05, 4.69) is 15.3 Å². The number of amides is 1. The first-order chi connectivity index (χ1) is 13.6. The molecule has 1 amide bonds. The van der Waals surface area contributed by atoms with Gasteiger partial charge in [0.05, 0.1) is 18.4 Å². The van der Waals surface area contributed by atoms with Crippen LogP contribution in [-0.4, -0.2) is 40.9 Å². The fraction of sp³-hybridized carbons (Fsp3) is 0.143. The zero-order valence-corrected chi connectivity index (χ0v) is 15.6. The van der Waals surface area contributed by atoms with Crippen molar-refractivity contribution in [1.29, 1.82) is 0 Å². The third kappa shape index (κ3) is 4.50. The molecule has 2 aromatic carbocycles. The highest BCUT2D eigenvalue weighted by atomic mass is 16.5. The van der Waals surface area contributed by atoms with Gasteiger partial charge in [-0.05, 0) is 17.7 Å². The Hall–Kier alpha value is -3.74. The first kappa shape index (κ1) is 19.0. The molecule has 0 spiro atoms. The molecule has 1 N–H and O–H groups in total. The van der Waals surface area contributed by atoms with Crippen LogP contribution in [0.3, 0.4) is 0 Å². The van der Waals surface area contributed by atoms with E-state index in [0.717, 1.165) is 5.56 Å². The number of nitrogens with one attached hydrogen (secondary N) is 1. The third-order valence-electron chi connectivity index (χ3n) is 4.09. The van der Waals surface area contributed by atoms with Crippen molar-refractivity contribution in [3.8, 4) is 0 Å². The predicted octanol–water partition coefficient (Wildman–Crippen LogP) is 3.28. The maximum absolute atomic E-state index is 12.7. The van der Waals surface area contributed by atoms with Crippen LogP contribution < -0.4 is 5.32 Å². The Labute approximate surface area is 163 Å². The van der Waals surface area contributed by atoms with Crippen molar-refractivity contribution in [2.45, 2.75) is 6.54 Å². The lowest BCUT2D eigenvalue weighted by Gasteiger charge is -2.17. The second-order valence-electron chi connectivity index (χ2n) is 6.10. The van der Waals surface area contributed by atoms with Crippen LogP contribution in [0.4, 0.5) is 11.5 Å². The van der Waals surface area contributed by atoms with E-state index in [1.165, 1.54) is 13.4 Å². The molecule has 0 bridgehead atoms. The van der Waals surface area contributed by atoms with Crippen molar-refractivity contribution in [3.63, 3.8) is 0 Å². The van der Waals surface area contributed by atoms with Crippen LogP contribution in [0.25, 0.3) is 0 Å². The van der Waals surface area contributed by atoms with E-state index in [1.807, 2.05) is 30.3 Å². The molecule has 0 aliphatic heterocycles. The highest BCUT2D eigenvalue weighted by Crippen LogP contribution is 2.20. The number of ether oxygens (including phenoxy) is 1. The molecule has 1 heterocycles. The summed E-state index contributed by atoms with van der Waals surface area (Å²) in [6.07, 6.45) is 1.31. The second-order valence-corrected chi connectivity index (χ2v) is 6.10. The van der Waals surface area contributed by atoms with E-state index in [4.69, 9.17) is 4.74 Å². The summed E-state index contributed by atoms with van der Waals surface area (Å²) in [4.78, 5) is 34.4. The van der Waals surface area contributed by atoms with Crippen molar-refractivity contribution in [2.24, 2.45) is 0 Å². The quantitative estimate of drug-likeness (QED) is 0.665. The van der Waals surface area contributed by atoms with Gasteiger partial charge < -0.3 is 15.0 Å². The average molecular weight is 376 g/mol. The van der Waals surface area contributed by atoms with Crippen LogP contribution in [0.1, 0.15) is 26.4 Å². The van der Waals surface area contributed by atoms with Crippen molar-refractivity contribution in [2.75, 3.05) is 19.5 Å². The molecule has 0 aliphatic rings. The first-order valence-corrected chi connectivity index (χ1v) is 8.64. The van der Waals surface area contributed by atoms with Crippen LogP contribution in [-0.2, 0) is 11.3 Å². The van der Waals surface area contributed by atoms with Gasteiger partial charge in [-0.2, -0.15) is 0 Å². The lowest BCUT2D eigenvalue weighted by molar-refractivity contribution is 0.0601. The number of aromatic nitrogens is 2. The first-order valence-electron chi connectivity index (χ1n) is 8.64. The van der Waals surface area contributed by atoms with Crippen molar-refractivity contribution >= 4 is 23.4 Å². The van der Waals surface area contributed by atoms with Gasteiger partial charge in [-0.1, -0.05) is 42.5 Å². The highest BCUT2D eigenvalue weighted by molar-refractivity contribution is 5.97. The fourth-order valence-electron chi connectivity index (χ4n) is 2.69. The van der Waals surface area contributed by atoms with Gasteiger partial charge in [0.2, 0.25) is 0 Å². The van der Waals surface area contributed by atoms with E-state index in [9.17, 15) is 9.59 Å². The van der Waals surface area contributed by atoms with E-state index in [0.29, 0.717) is 23.6 Å². The Morgan fingerprint density at radius 1 is 1.04 bits per heavy atom. The number of hydrogen-bond acceptors (Lipinski definition) is 6. The summed E-state index contributed by atoms with van der Waals surface area (Å²) in [7, 11) is 3.04. The molecular formula is C21H20N4O3. The molecule has 1 aromatic heterocycles. The summed E-state index contributed by atoms with van der Waals surface area (Å²) in [6, 6.07) is 18.2. The molecule has 0 radical (unpaired) electrons. The molecule has 3 rings (SSSR count). The zero-order chi connectivity index (χ0) is 19.9. The second kappa shape index (κ2) is 8.77. The Bertz CT molecular complexity index is 976. The van der Waals surface area contributed by atoms with Crippen LogP contribution >= 0.6 is 0 Å². The summed E-state index contributed by atoms with van der Waals surface area (Å²) in [5, 5.41) is 3.05. The minimum atomic E-state index is -0.462. The maximum Gasteiger partial charge on any atom is 0.339 e. The maximum atomic E-state index is 12.7. The normalized spacial score (nSPS) is 10.2. The van der Waals surface area contributed by atoms with E-state index < -0.39 is 5.97 Å². The Kier molecular flexibility index (Phi) is 5.96. The van der Waals surface area contributed by atoms with Crippen LogP contribution in [0, 0.1) is 0 Å². The molecule has 142 valence electrons. The van der Waals surface area contributed by atoms with E-state index in [1.54, 1.807) is 42.3 Å². The van der Waals surface area contributed by atoms with Gasteiger partial charge in [-0.3, -0.25) is 4.79 Å². The van der Waals surface area contributed by atoms with Gasteiger partial charge in [0, 0.05) is 19.7 Å². The van der Waals surface area contributed by atoms with Gasteiger partial charge in [0.25, 0.3) is 5.91 Å². The lowest BCUT2D eigenvalue weighted by Crippen LogP contribution is -2.27. The van der Waals surface area contributed by atoms with Gasteiger partial charge in [0.1, 0.15) is 17.8 Å². The van der Waals surface area contributed by atoms with Crippen LogP contribution in [0.15, 0.2) is 67.0 Å². The summed E-state index contributed by atoms with van der Waals surface area (Å²) in [6.45, 7) is 0.470. The number of para-hydroxylation sites is 1. The molecule has 7 nitrogen and oxygen atoms in total. The topological polar surface area (TPSA) is 84.4 Å². The summed E-state index contributed by atoms with van der Waals surface area (Å²) >= 11 is 0. The minimum Gasteiger partial charge on any atom is -0.465 e. The van der Waals surface area contributed by atoms with Gasteiger partial charge in [-0.25, -0.2) is 14.8 Å². The average Bonchev–Trinajstić information content (AvgIpc) is 2.74. The predicted molar refractivity (Wildman–Crippen MR) is 105 cm³/mol. The molecule has 28 heavy (non-hydrogen) atoms. The fourth-order valence-corrected chi connectivity index (χ4v) is 2.69. The van der Waals surface area contributed by atoms with Crippen LogP contribution in [0.2, 0.25) is 0 Å². The monoisotopic (exact) mass is 376 g/mol. The van der Waals surface area contributed by atoms with Gasteiger partial charge >= 0.3 is 5.97 Å². The number of esters is 1. The number of benzene rings is 2. The lowest BCUT2D eigenvalue weighted by atomic mass is 10.2. The largest absolute Gasteiger partial charge is 0.465 e. The number of carbonyl (C=O) groups excluding carboxylic acids is 2. The Morgan fingerprint density at radius 3 is 2.50 bits per heavy atom. The highest BCUT2D eigenvalue weighted by Gasteiger charge is 2.16. The number of rotatable bonds is 6. The molecule has 3 aromatic rings. The van der Waals surface area contributed by atoms with E-state index in [-0.39, 0.29) is 11.6 Å². The van der Waals surface area contributed by atoms with Crippen molar-refractivity contribution in [3.05, 3.63) is 83.8 Å². The summed E-state index contributed by atoms with van der Waals surface area (Å²) < 4.78 is 4.79. The summed E-state index contributed by atoms with van der Waals surface area (Å²) in [5.41, 5.74) is 2.19. The molecule has 0 unspecified atom stereocenters. The molecule has 0 fully saturated rings. The van der Waals surface area contributed by atoms with Crippen LogP contribution in [0.5, 0.6) is 0 Å². The number of carbonyl (C=O) groups is 2. The molecule has 7 heteroatoms. The number of anilines is 2. The van der Waals surface area contributed by atoms with Crippen molar-refractivity contribution < 1.29 is 14.3 Å². The molecule has 0 saturated heterocycles. The summed E-state index contributed by atoms with van der Waals surface area (Å²) in [5.74, 6) is -0.283. The molecular weight excluding hydrogens is 356 g/mol. The smallest absolute Gasteiger partial charge is 0.339 e. The molecule has 0 aliphatic carbocycles. The third-order valence-corrected chi connectivity index (χ3v) is 4.09. The van der Waals surface area contributed by atoms with Crippen molar-refractivity contribution in [1.82, 2.24) is 14.9 Å². The number of hydrogen-bond donors (Lipinski definition) is 1. The molecule has 0 atom stereocenters. The Balaban J connectivity index is 1.77. The van der Waals surface area contributed by atoms with E-state index >= 15 is 0 Å². The zero-order valence-electron chi connectivity index (χ0n) is 15.6. The standard InChI is InChI=1S/C21H20N4O3/c1-25(13-15-8-4-3-5-9-15)20(26)18-12-19(23-14-22-18)24-17-11-7-6-10-16(17)21(27)28-2/h3-12,14H,13H2,1-2H3,(H,22,23,24). The number of nitrogens with zero attached hydrogens (tertiary/aromatic N) is 3. The SMILES string of the molecule is COC(=O)c1ccccc1Nc1cc(C(=O)N(C)Cc2ccccc2)ncn1. The number of methoxy groups -OCH3 is 1. The molecule has 0 saturated carbocycles. The minimum absolute atomic E-state index is 0.226.